The zero-order valence-electron chi connectivity index (χ0n) is 11.7. The van der Waals surface area contributed by atoms with E-state index in [1.165, 1.54) is 0 Å². The van der Waals surface area contributed by atoms with Gasteiger partial charge in [-0.25, -0.2) is 4.79 Å². The molecule has 0 unspecified atom stereocenters. The number of aliphatic hydroxyl groups excluding tert-OH is 1. The fourth-order valence-corrected chi connectivity index (χ4v) is 2.02. The predicted octanol–water partition coefficient (Wildman–Crippen LogP) is 3.06. The zero-order valence-corrected chi connectivity index (χ0v) is 11.7. The van der Waals surface area contributed by atoms with Crippen LogP contribution >= 0.6 is 0 Å². The summed E-state index contributed by atoms with van der Waals surface area (Å²) in [6, 6.07) is 7.59. The molecule has 1 aliphatic rings. The summed E-state index contributed by atoms with van der Waals surface area (Å²) in [4.78, 5) is 11.6. The van der Waals surface area contributed by atoms with E-state index in [4.69, 9.17) is 4.74 Å². The maximum Gasteiger partial charge on any atom is 0.412 e. The fourth-order valence-electron chi connectivity index (χ4n) is 2.02. The highest BCUT2D eigenvalue weighted by molar-refractivity contribution is 5.84. The summed E-state index contributed by atoms with van der Waals surface area (Å²) in [5, 5.41) is 12.1. The topological polar surface area (TPSA) is 58.6 Å². The van der Waals surface area contributed by atoms with Crippen LogP contribution in [-0.2, 0) is 10.2 Å². The van der Waals surface area contributed by atoms with E-state index in [1.807, 2.05) is 45.0 Å². The lowest BCUT2D eigenvalue weighted by atomic mass is 9.97. The Hall–Kier alpha value is -1.55. The Morgan fingerprint density at radius 2 is 1.89 bits per heavy atom. The Labute approximate surface area is 113 Å². The Morgan fingerprint density at radius 1 is 1.32 bits per heavy atom. The maximum atomic E-state index is 11.6. The highest BCUT2D eigenvalue weighted by atomic mass is 16.6. The number of amides is 1. The molecule has 1 aromatic rings. The van der Waals surface area contributed by atoms with Crippen LogP contribution in [0.3, 0.4) is 0 Å². The molecule has 1 fully saturated rings. The zero-order chi connectivity index (χ0) is 14.1. The number of ether oxygens (including phenoxy) is 1. The third-order valence-electron chi connectivity index (χ3n) is 3.30. The second-order valence-electron chi connectivity index (χ2n) is 6.14. The van der Waals surface area contributed by atoms with Gasteiger partial charge in [0, 0.05) is 11.1 Å². The summed E-state index contributed by atoms with van der Waals surface area (Å²) >= 11 is 0. The molecule has 0 saturated heterocycles. The van der Waals surface area contributed by atoms with E-state index in [1.54, 1.807) is 0 Å². The van der Waals surface area contributed by atoms with Crippen molar-refractivity contribution in [2.75, 3.05) is 11.9 Å². The van der Waals surface area contributed by atoms with E-state index in [9.17, 15) is 9.90 Å². The molecule has 1 saturated carbocycles. The molecule has 0 bridgehead atoms. The Kier molecular flexibility index (Phi) is 3.54. The largest absolute Gasteiger partial charge is 0.444 e. The number of carbonyl (C=O) groups is 1. The first-order valence-corrected chi connectivity index (χ1v) is 6.56. The van der Waals surface area contributed by atoms with E-state index >= 15 is 0 Å². The minimum absolute atomic E-state index is 0.0373. The van der Waals surface area contributed by atoms with Crippen LogP contribution in [0.2, 0.25) is 0 Å². The van der Waals surface area contributed by atoms with Gasteiger partial charge in [-0.3, -0.25) is 5.32 Å². The van der Waals surface area contributed by atoms with Crippen molar-refractivity contribution in [1.82, 2.24) is 0 Å². The van der Waals surface area contributed by atoms with E-state index in [2.05, 4.69) is 5.32 Å². The van der Waals surface area contributed by atoms with E-state index in [0.717, 1.165) is 18.4 Å². The predicted molar refractivity (Wildman–Crippen MR) is 74.3 cm³/mol. The van der Waals surface area contributed by atoms with Crippen LogP contribution in [0.4, 0.5) is 10.5 Å². The third kappa shape index (κ3) is 3.47. The molecule has 19 heavy (non-hydrogen) atoms. The molecular formula is C15H21NO3. The Morgan fingerprint density at radius 3 is 2.32 bits per heavy atom. The molecule has 0 aromatic heterocycles. The van der Waals surface area contributed by atoms with Crippen LogP contribution in [0.5, 0.6) is 0 Å². The van der Waals surface area contributed by atoms with E-state index in [-0.39, 0.29) is 12.0 Å². The van der Waals surface area contributed by atoms with Gasteiger partial charge in [0.1, 0.15) is 5.60 Å². The van der Waals surface area contributed by atoms with Gasteiger partial charge in [0.25, 0.3) is 0 Å². The lowest BCUT2D eigenvalue weighted by molar-refractivity contribution is 0.0636. The van der Waals surface area contributed by atoms with Gasteiger partial charge in [0.2, 0.25) is 0 Å². The number of anilines is 1. The van der Waals surface area contributed by atoms with Crippen LogP contribution in [0.25, 0.3) is 0 Å². The van der Waals surface area contributed by atoms with Crippen LogP contribution in [-0.4, -0.2) is 23.4 Å². The standard InChI is InChI=1S/C15H21NO3/c1-14(2,3)19-13(18)16-12-6-4-11(5-7-12)15(10-17)8-9-15/h4-7,17H,8-10H2,1-3H3,(H,16,18). The number of hydrogen-bond donors (Lipinski definition) is 2. The van der Waals surface area contributed by atoms with Gasteiger partial charge in [-0.1, -0.05) is 12.1 Å². The normalized spacial score (nSPS) is 16.8. The molecule has 1 aliphatic carbocycles. The van der Waals surface area contributed by atoms with Crippen molar-refractivity contribution in [3.63, 3.8) is 0 Å². The summed E-state index contributed by atoms with van der Waals surface area (Å²) in [6.07, 6.45) is 1.61. The molecule has 1 aromatic carbocycles. The van der Waals surface area contributed by atoms with E-state index < -0.39 is 11.7 Å². The number of aliphatic hydroxyl groups is 1. The molecule has 4 nitrogen and oxygen atoms in total. The van der Waals surface area contributed by atoms with Crippen molar-refractivity contribution >= 4 is 11.8 Å². The SMILES string of the molecule is CC(C)(C)OC(=O)Nc1ccc(C2(CO)CC2)cc1. The molecule has 0 atom stereocenters. The Balaban J connectivity index is 1.98. The summed E-state index contributed by atoms with van der Waals surface area (Å²) < 4.78 is 5.18. The first-order valence-electron chi connectivity index (χ1n) is 6.56. The van der Waals surface area contributed by atoms with Gasteiger partial charge in [0.05, 0.1) is 6.61 Å². The molecular weight excluding hydrogens is 242 g/mol. The van der Waals surface area contributed by atoms with Crippen molar-refractivity contribution in [2.24, 2.45) is 0 Å². The molecule has 104 valence electrons. The summed E-state index contributed by atoms with van der Waals surface area (Å²) in [7, 11) is 0. The molecule has 0 spiro atoms. The number of carbonyl (C=O) groups excluding carboxylic acids is 1. The highest BCUT2D eigenvalue weighted by Gasteiger charge is 2.43. The van der Waals surface area contributed by atoms with Crippen molar-refractivity contribution in [1.29, 1.82) is 0 Å². The number of benzene rings is 1. The van der Waals surface area contributed by atoms with E-state index in [0.29, 0.717) is 5.69 Å². The third-order valence-corrected chi connectivity index (χ3v) is 3.30. The van der Waals surface area contributed by atoms with Crippen LogP contribution < -0.4 is 5.32 Å². The molecule has 0 aliphatic heterocycles. The smallest absolute Gasteiger partial charge is 0.412 e. The molecule has 1 amide bonds. The van der Waals surface area contributed by atoms with Gasteiger partial charge in [-0.05, 0) is 51.3 Å². The van der Waals surface area contributed by atoms with Gasteiger partial charge < -0.3 is 9.84 Å². The van der Waals surface area contributed by atoms with Crippen LogP contribution in [0.15, 0.2) is 24.3 Å². The molecule has 0 heterocycles. The molecule has 4 heteroatoms. The lowest BCUT2D eigenvalue weighted by Crippen LogP contribution is -2.27. The summed E-state index contributed by atoms with van der Waals surface area (Å²) in [5.41, 5.74) is 1.29. The number of nitrogens with one attached hydrogen (secondary N) is 1. The minimum Gasteiger partial charge on any atom is -0.444 e. The summed E-state index contributed by atoms with van der Waals surface area (Å²) in [5.74, 6) is 0. The average molecular weight is 263 g/mol. The molecule has 2 rings (SSSR count). The second-order valence-corrected chi connectivity index (χ2v) is 6.14. The average Bonchev–Trinajstić information content (AvgIpc) is 3.08. The first kappa shape index (κ1) is 13.9. The van der Waals surface area contributed by atoms with Gasteiger partial charge in [-0.15, -0.1) is 0 Å². The van der Waals surface area contributed by atoms with Gasteiger partial charge in [-0.2, -0.15) is 0 Å². The highest BCUT2D eigenvalue weighted by Crippen LogP contribution is 2.47. The van der Waals surface area contributed by atoms with Gasteiger partial charge >= 0.3 is 6.09 Å². The molecule has 0 radical (unpaired) electrons. The number of hydrogen-bond acceptors (Lipinski definition) is 3. The van der Waals surface area contributed by atoms with Gasteiger partial charge in [0.15, 0.2) is 0 Å². The summed E-state index contributed by atoms with van der Waals surface area (Å²) in [6.45, 7) is 5.67. The lowest BCUT2D eigenvalue weighted by Gasteiger charge is -2.20. The van der Waals surface area contributed by atoms with Crippen LogP contribution in [0.1, 0.15) is 39.2 Å². The van der Waals surface area contributed by atoms with Crippen molar-refractivity contribution in [3.8, 4) is 0 Å². The monoisotopic (exact) mass is 263 g/mol. The quantitative estimate of drug-likeness (QED) is 0.881. The maximum absolute atomic E-state index is 11.6. The van der Waals surface area contributed by atoms with Crippen molar-refractivity contribution < 1.29 is 14.6 Å². The molecule has 2 N–H and O–H groups in total. The second kappa shape index (κ2) is 4.85. The first-order chi connectivity index (χ1) is 8.85. The Bertz CT molecular complexity index is 455. The minimum atomic E-state index is -0.501. The van der Waals surface area contributed by atoms with Crippen LogP contribution in [0, 0.1) is 0 Å². The van der Waals surface area contributed by atoms with Crippen molar-refractivity contribution in [2.45, 2.75) is 44.6 Å². The van der Waals surface area contributed by atoms with Crippen molar-refractivity contribution in [3.05, 3.63) is 29.8 Å². The number of rotatable bonds is 3. The fraction of sp³-hybridized carbons (Fsp3) is 0.533.